The van der Waals surface area contributed by atoms with Crippen molar-refractivity contribution >= 4 is 21.6 Å². The predicted molar refractivity (Wildman–Crippen MR) is 116 cm³/mol. The average Bonchev–Trinajstić information content (AvgIpc) is 2.89. The Bertz CT molecular complexity index is 1050. The fourth-order valence-corrected chi connectivity index (χ4v) is 5.55. The average molecular weight is 418 g/mol. The number of nitrogens with zero attached hydrogens (tertiary/aromatic N) is 2. The van der Waals surface area contributed by atoms with Gasteiger partial charge >= 0.3 is 0 Å². The van der Waals surface area contributed by atoms with Crippen LogP contribution in [0.1, 0.15) is 52.6 Å². The van der Waals surface area contributed by atoms with Gasteiger partial charge in [-0.25, -0.2) is 8.42 Å². The molecule has 6 nitrogen and oxygen atoms in total. The number of rotatable bonds is 4. The molecule has 0 bridgehead atoms. The Labute approximate surface area is 174 Å². The lowest BCUT2D eigenvalue weighted by molar-refractivity contribution is 0.0692. The smallest absolute Gasteiger partial charge is 0.264 e. The molecule has 1 fully saturated rings. The van der Waals surface area contributed by atoms with Gasteiger partial charge in [0.05, 0.1) is 11.3 Å². The fraction of sp³-hybridized carbons (Fsp3) is 0.500. The van der Waals surface area contributed by atoms with E-state index in [4.69, 9.17) is 0 Å². The lowest BCUT2D eigenvalue weighted by atomic mass is 9.98. The summed E-state index contributed by atoms with van der Waals surface area (Å²) in [5.74, 6) is 0.395. The minimum Gasteiger partial charge on any atom is -0.350 e. The van der Waals surface area contributed by atoms with Crippen molar-refractivity contribution in [3.05, 3.63) is 46.3 Å². The van der Waals surface area contributed by atoms with E-state index in [1.165, 1.54) is 0 Å². The predicted octanol–water partition coefficient (Wildman–Crippen LogP) is 3.93. The molecule has 1 aliphatic heterocycles. The molecular weight excluding hydrogens is 386 g/mol. The fourth-order valence-electron chi connectivity index (χ4n) is 3.91. The van der Waals surface area contributed by atoms with Crippen LogP contribution in [0.15, 0.2) is 23.1 Å². The molecule has 7 heteroatoms. The highest BCUT2D eigenvalue weighted by molar-refractivity contribution is 7.92. The molecule has 1 aromatic carbocycles. The van der Waals surface area contributed by atoms with Gasteiger partial charge in [0.25, 0.3) is 15.9 Å². The SMILES string of the molecule is Cc1ccc(C)c(NS(=O)(=O)c2c(C(=O)N3CCC(C)CC3)c(C)n(C)c2C)c1. The van der Waals surface area contributed by atoms with Crippen LogP contribution in [0.5, 0.6) is 0 Å². The minimum atomic E-state index is -3.93. The number of carbonyl (C=O) groups excluding carboxylic acids is 1. The molecule has 0 radical (unpaired) electrons. The lowest BCUT2D eigenvalue weighted by Crippen LogP contribution is -2.38. The van der Waals surface area contributed by atoms with Crippen LogP contribution in [0.3, 0.4) is 0 Å². The molecule has 0 spiro atoms. The van der Waals surface area contributed by atoms with Crippen molar-refractivity contribution in [3.8, 4) is 0 Å². The van der Waals surface area contributed by atoms with Crippen LogP contribution in [-0.4, -0.2) is 36.9 Å². The largest absolute Gasteiger partial charge is 0.350 e. The summed E-state index contributed by atoms with van der Waals surface area (Å²) in [5.41, 5.74) is 3.87. The van der Waals surface area contributed by atoms with Crippen LogP contribution in [0.4, 0.5) is 5.69 Å². The van der Waals surface area contributed by atoms with Gasteiger partial charge in [0.15, 0.2) is 0 Å². The Balaban J connectivity index is 2.06. The normalized spacial score (nSPS) is 15.6. The molecule has 158 valence electrons. The van der Waals surface area contributed by atoms with Crippen LogP contribution >= 0.6 is 0 Å². The van der Waals surface area contributed by atoms with Crippen molar-refractivity contribution in [3.63, 3.8) is 0 Å². The second kappa shape index (κ2) is 7.86. The molecule has 2 aromatic rings. The summed E-state index contributed by atoms with van der Waals surface area (Å²) in [6.45, 7) is 10.9. The van der Waals surface area contributed by atoms with Crippen molar-refractivity contribution in [2.45, 2.75) is 52.4 Å². The number of benzene rings is 1. The quantitative estimate of drug-likeness (QED) is 0.819. The molecule has 3 rings (SSSR count). The zero-order valence-electron chi connectivity index (χ0n) is 18.2. The van der Waals surface area contributed by atoms with Crippen molar-refractivity contribution in [2.75, 3.05) is 17.8 Å². The molecule has 0 saturated carbocycles. The van der Waals surface area contributed by atoms with Gasteiger partial charge in [0, 0.05) is 31.5 Å². The van der Waals surface area contributed by atoms with E-state index >= 15 is 0 Å². The molecule has 1 saturated heterocycles. The van der Waals surface area contributed by atoms with Crippen LogP contribution in [-0.2, 0) is 17.1 Å². The summed E-state index contributed by atoms with van der Waals surface area (Å²) in [6.07, 6.45) is 1.89. The van der Waals surface area contributed by atoms with E-state index in [9.17, 15) is 13.2 Å². The number of hydrogen-bond acceptors (Lipinski definition) is 3. The molecule has 2 heterocycles. The van der Waals surface area contributed by atoms with E-state index in [0.717, 1.165) is 24.0 Å². The highest BCUT2D eigenvalue weighted by atomic mass is 32.2. The summed E-state index contributed by atoms with van der Waals surface area (Å²) in [5, 5.41) is 0. The number of amides is 1. The molecular formula is C22H31N3O3S. The second-order valence-electron chi connectivity index (χ2n) is 8.33. The van der Waals surface area contributed by atoms with Crippen molar-refractivity contribution < 1.29 is 13.2 Å². The first-order valence-corrected chi connectivity index (χ1v) is 11.6. The number of aryl methyl sites for hydroxylation is 2. The maximum absolute atomic E-state index is 13.4. The first-order valence-electron chi connectivity index (χ1n) is 10.1. The standard InChI is InChI=1S/C22H31N3O3S/c1-14-9-11-25(12-10-14)22(26)20-17(4)24(6)18(5)21(20)29(27,28)23-19-13-15(2)7-8-16(19)3/h7-8,13-14,23H,9-12H2,1-6H3. The maximum Gasteiger partial charge on any atom is 0.264 e. The van der Waals surface area contributed by atoms with Crippen molar-refractivity contribution in [2.24, 2.45) is 13.0 Å². The molecule has 0 aliphatic carbocycles. The van der Waals surface area contributed by atoms with Crippen molar-refractivity contribution in [1.82, 2.24) is 9.47 Å². The van der Waals surface area contributed by atoms with Gasteiger partial charge in [0.1, 0.15) is 4.90 Å². The number of likely N-dealkylation sites (tertiary alicyclic amines) is 1. The molecule has 0 unspecified atom stereocenters. The molecule has 1 aliphatic rings. The van der Waals surface area contributed by atoms with Crippen molar-refractivity contribution in [1.29, 1.82) is 0 Å². The minimum absolute atomic E-state index is 0.0852. The Hall–Kier alpha value is -2.28. The lowest BCUT2D eigenvalue weighted by Gasteiger charge is -2.30. The van der Waals surface area contributed by atoms with Gasteiger partial charge in [-0.3, -0.25) is 9.52 Å². The monoisotopic (exact) mass is 417 g/mol. The molecule has 1 aromatic heterocycles. The van der Waals surface area contributed by atoms with E-state index in [2.05, 4.69) is 11.6 Å². The Morgan fingerprint density at radius 1 is 1.07 bits per heavy atom. The topological polar surface area (TPSA) is 71.4 Å². The Morgan fingerprint density at radius 3 is 2.31 bits per heavy atom. The number of carbonyl (C=O) groups is 1. The van der Waals surface area contributed by atoms with Gasteiger partial charge in [-0.2, -0.15) is 0 Å². The van der Waals surface area contributed by atoms with Crippen LogP contribution in [0.25, 0.3) is 0 Å². The van der Waals surface area contributed by atoms with Crippen LogP contribution in [0.2, 0.25) is 0 Å². The zero-order valence-corrected chi connectivity index (χ0v) is 19.0. The van der Waals surface area contributed by atoms with Gasteiger partial charge in [-0.1, -0.05) is 19.1 Å². The van der Waals surface area contributed by atoms with Gasteiger partial charge in [-0.15, -0.1) is 0 Å². The molecule has 29 heavy (non-hydrogen) atoms. The van der Waals surface area contributed by atoms with Gasteiger partial charge in [0.2, 0.25) is 0 Å². The summed E-state index contributed by atoms with van der Waals surface area (Å²) in [7, 11) is -2.13. The van der Waals surface area contributed by atoms with Crippen LogP contribution in [0, 0.1) is 33.6 Å². The number of anilines is 1. The van der Waals surface area contributed by atoms with Gasteiger partial charge < -0.3 is 9.47 Å². The summed E-state index contributed by atoms with van der Waals surface area (Å²) in [6, 6.07) is 5.64. The summed E-state index contributed by atoms with van der Waals surface area (Å²) >= 11 is 0. The number of nitrogens with one attached hydrogen (secondary N) is 1. The highest BCUT2D eigenvalue weighted by Gasteiger charge is 2.34. The van der Waals surface area contributed by atoms with Gasteiger partial charge in [-0.05, 0) is 63.6 Å². The maximum atomic E-state index is 13.4. The number of hydrogen-bond donors (Lipinski definition) is 1. The number of sulfonamides is 1. The zero-order chi connectivity index (χ0) is 21.5. The summed E-state index contributed by atoms with van der Waals surface area (Å²) in [4.78, 5) is 15.2. The number of piperidine rings is 1. The van der Waals surface area contributed by atoms with E-state index < -0.39 is 10.0 Å². The second-order valence-corrected chi connectivity index (χ2v) is 9.95. The van der Waals surface area contributed by atoms with E-state index in [0.29, 0.717) is 36.1 Å². The van der Waals surface area contributed by atoms with E-state index in [1.807, 2.05) is 39.0 Å². The van der Waals surface area contributed by atoms with E-state index in [1.54, 1.807) is 23.4 Å². The number of aromatic nitrogens is 1. The Kier molecular flexibility index (Phi) is 5.81. The van der Waals surface area contributed by atoms with Crippen LogP contribution < -0.4 is 4.72 Å². The molecule has 1 amide bonds. The third kappa shape index (κ3) is 4.06. The third-order valence-corrected chi connectivity index (χ3v) is 7.64. The highest BCUT2D eigenvalue weighted by Crippen LogP contribution is 2.31. The Morgan fingerprint density at radius 2 is 1.69 bits per heavy atom. The first kappa shape index (κ1) is 21.4. The van der Waals surface area contributed by atoms with E-state index in [-0.39, 0.29) is 16.4 Å². The molecule has 1 N–H and O–H groups in total. The first-order chi connectivity index (χ1) is 13.5. The summed E-state index contributed by atoms with van der Waals surface area (Å²) < 4.78 is 31.3. The molecule has 0 atom stereocenters. The third-order valence-electron chi connectivity index (χ3n) is 6.11.